The number of rotatable bonds is 3. The number of anilines is 1. The van der Waals surface area contributed by atoms with Crippen molar-refractivity contribution in [2.45, 2.75) is 32.0 Å². The molecule has 5 heterocycles. The van der Waals surface area contributed by atoms with Crippen molar-refractivity contribution in [3.05, 3.63) is 18.0 Å². The van der Waals surface area contributed by atoms with Crippen molar-refractivity contribution in [2.24, 2.45) is 5.41 Å². The minimum absolute atomic E-state index is 0.0586. The monoisotopic (exact) mass is 431 g/mol. The van der Waals surface area contributed by atoms with E-state index in [2.05, 4.69) is 34.8 Å². The number of nitrogens with zero attached hydrogens (tertiary/aromatic N) is 5. The fourth-order valence-electron chi connectivity index (χ4n) is 5.09. The summed E-state index contributed by atoms with van der Waals surface area (Å²) in [5.41, 5.74) is 7.16. The van der Waals surface area contributed by atoms with Crippen LogP contribution in [0.5, 0.6) is 11.5 Å². The van der Waals surface area contributed by atoms with E-state index in [0.717, 1.165) is 32.7 Å². The second-order valence-electron chi connectivity index (χ2n) is 8.72. The Morgan fingerprint density at radius 3 is 2.81 bits per heavy atom. The first kappa shape index (κ1) is 18.9. The lowest BCUT2D eigenvalue weighted by atomic mass is 9.78. The lowest BCUT2D eigenvalue weighted by molar-refractivity contribution is -0.286. The van der Waals surface area contributed by atoms with Gasteiger partial charge in [-0.3, -0.25) is 0 Å². The zero-order chi connectivity index (χ0) is 21.2. The Morgan fingerprint density at radius 2 is 1.97 bits per heavy atom. The van der Waals surface area contributed by atoms with E-state index in [1.54, 1.807) is 6.07 Å². The summed E-state index contributed by atoms with van der Waals surface area (Å²) in [6.45, 7) is 5.29. The molecule has 164 valence electrons. The molecule has 2 aromatic heterocycles. The van der Waals surface area contributed by atoms with E-state index in [4.69, 9.17) is 5.73 Å². The van der Waals surface area contributed by atoms with Crippen LogP contribution in [0.15, 0.2) is 12.1 Å². The molecule has 1 aromatic carbocycles. The third kappa shape index (κ3) is 3.14. The van der Waals surface area contributed by atoms with Crippen LogP contribution < -0.4 is 20.5 Å². The molecule has 3 N–H and O–H groups in total. The van der Waals surface area contributed by atoms with Gasteiger partial charge in [-0.2, -0.15) is 4.52 Å². The SMILES string of the molecule is Nc1nc2c3c(ccc2c2nc(CCN4CCC5(CCNCC5)C4)nn12)OC(F)(F)O3. The largest absolute Gasteiger partial charge is 0.586 e. The van der Waals surface area contributed by atoms with Gasteiger partial charge >= 0.3 is 6.29 Å². The van der Waals surface area contributed by atoms with Crippen molar-refractivity contribution in [1.82, 2.24) is 29.8 Å². The molecular weight excluding hydrogens is 408 g/mol. The molecule has 0 aliphatic carbocycles. The van der Waals surface area contributed by atoms with Crippen LogP contribution in [0.1, 0.15) is 25.1 Å². The fourth-order valence-corrected chi connectivity index (χ4v) is 5.09. The molecule has 0 bridgehead atoms. The van der Waals surface area contributed by atoms with Crippen LogP contribution in [-0.4, -0.2) is 63.5 Å². The van der Waals surface area contributed by atoms with Crippen LogP contribution >= 0.6 is 0 Å². The average molecular weight is 431 g/mol. The van der Waals surface area contributed by atoms with Gasteiger partial charge in [0, 0.05) is 24.9 Å². The maximum absolute atomic E-state index is 13.5. The number of hydrogen-bond acceptors (Lipinski definition) is 8. The quantitative estimate of drug-likeness (QED) is 0.647. The second-order valence-corrected chi connectivity index (χ2v) is 8.72. The zero-order valence-corrected chi connectivity index (χ0v) is 16.9. The second kappa shape index (κ2) is 6.60. The highest BCUT2D eigenvalue weighted by molar-refractivity contribution is 5.97. The smallest absolute Gasteiger partial charge is 0.395 e. The summed E-state index contributed by atoms with van der Waals surface area (Å²) < 4.78 is 37.7. The topological polar surface area (TPSA) is 103 Å². The molecule has 6 rings (SSSR count). The molecule has 1 spiro atoms. The number of aromatic nitrogens is 4. The predicted octanol–water partition coefficient (Wildman–Crippen LogP) is 1.80. The maximum atomic E-state index is 13.5. The Balaban J connectivity index is 1.26. The third-order valence-electron chi connectivity index (χ3n) is 6.71. The van der Waals surface area contributed by atoms with Crippen LogP contribution in [0.4, 0.5) is 14.7 Å². The normalized spacial score (nSPS) is 22.1. The van der Waals surface area contributed by atoms with Gasteiger partial charge in [-0.15, -0.1) is 13.9 Å². The number of ether oxygens (including phenoxy) is 2. The molecule has 3 aliphatic heterocycles. The molecule has 0 atom stereocenters. The Kier molecular flexibility index (Phi) is 4.03. The van der Waals surface area contributed by atoms with Gasteiger partial charge in [0.2, 0.25) is 5.95 Å². The number of likely N-dealkylation sites (tertiary alicyclic amines) is 1. The van der Waals surface area contributed by atoms with Crippen molar-refractivity contribution in [3.63, 3.8) is 0 Å². The standard InChI is InChI=1S/C20H23F2N7O2/c21-20(22)30-13-2-1-12-15(16(13)31-20)26-18(23)29-17(12)25-14(27-29)3-9-28-10-6-19(11-28)4-7-24-8-5-19/h1-2,24H,3-11H2,(H2,23,26). The number of piperidine rings is 1. The Morgan fingerprint density at radius 1 is 1.13 bits per heavy atom. The van der Waals surface area contributed by atoms with Crippen LogP contribution in [0.2, 0.25) is 0 Å². The fraction of sp³-hybridized carbons (Fsp3) is 0.550. The van der Waals surface area contributed by atoms with Gasteiger partial charge in [0.25, 0.3) is 0 Å². The molecule has 11 heteroatoms. The molecule has 2 fully saturated rings. The van der Waals surface area contributed by atoms with Gasteiger partial charge in [-0.05, 0) is 56.4 Å². The molecule has 0 radical (unpaired) electrons. The lowest BCUT2D eigenvalue weighted by Crippen LogP contribution is -2.38. The van der Waals surface area contributed by atoms with E-state index in [1.807, 2.05) is 0 Å². The van der Waals surface area contributed by atoms with Gasteiger partial charge < -0.3 is 25.4 Å². The van der Waals surface area contributed by atoms with Gasteiger partial charge in [-0.1, -0.05) is 0 Å². The summed E-state index contributed by atoms with van der Waals surface area (Å²) >= 11 is 0. The molecule has 0 amide bonds. The number of benzene rings is 1. The molecule has 0 saturated carbocycles. The predicted molar refractivity (Wildman–Crippen MR) is 108 cm³/mol. The zero-order valence-electron chi connectivity index (χ0n) is 16.9. The van der Waals surface area contributed by atoms with Gasteiger partial charge in [0.15, 0.2) is 23.0 Å². The molecule has 9 nitrogen and oxygen atoms in total. The number of nitrogen functional groups attached to an aromatic ring is 1. The summed E-state index contributed by atoms with van der Waals surface area (Å²) in [5.74, 6) is 0.499. The molecule has 3 aliphatic rings. The van der Waals surface area contributed by atoms with Crippen LogP contribution in [-0.2, 0) is 6.42 Å². The number of nitrogens with two attached hydrogens (primary N) is 1. The van der Waals surface area contributed by atoms with E-state index >= 15 is 0 Å². The average Bonchev–Trinajstić information content (AvgIpc) is 3.42. The first-order chi connectivity index (χ1) is 14.9. The summed E-state index contributed by atoms with van der Waals surface area (Å²) in [7, 11) is 0. The highest BCUT2D eigenvalue weighted by atomic mass is 19.3. The van der Waals surface area contributed by atoms with E-state index in [0.29, 0.717) is 28.7 Å². The highest BCUT2D eigenvalue weighted by Gasteiger charge is 2.45. The summed E-state index contributed by atoms with van der Waals surface area (Å²) in [4.78, 5) is 11.4. The van der Waals surface area contributed by atoms with E-state index in [-0.39, 0.29) is 23.0 Å². The number of nitrogens with one attached hydrogen (secondary N) is 1. The van der Waals surface area contributed by atoms with Crippen LogP contribution in [0.3, 0.4) is 0 Å². The van der Waals surface area contributed by atoms with Crippen molar-refractivity contribution in [1.29, 1.82) is 0 Å². The summed E-state index contributed by atoms with van der Waals surface area (Å²) in [6, 6.07) is 3.05. The van der Waals surface area contributed by atoms with Crippen molar-refractivity contribution >= 4 is 22.5 Å². The number of hydrogen-bond donors (Lipinski definition) is 2. The third-order valence-corrected chi connectivity index (χ3v) is 6.71. The number of halogens is 2. The summed E-state index contributed by atoms with van der Waals surface area (Å²) in [6.07, 6.45) is 0.671. The Hall–Kier alpha value is -2.79. The van der Waals surface area contributed by atoms with E-state index < -0.39 is 6.29 Å². The Labute approximate surface area is 176 Å². The molecule has 3 aromatic rings. The van der Waals surface area contributed by atoms with E-state index in [1.165, 1.54) is 29.8 Å². The maximum Gasteiger partial charge on any atom is 0.586 e. The van der Waals surface area contributed by atoms with Gasteiger partial charge in [0.05, 0.1) is 0 Å². The van der Waals surface area contributed by atoms with Crippen molar-refractivity contribution < 1.29 is 18.3 Å². The highest BCUT2D eigenvalue weighted by Crippen LogP contribution is 2.45. The first-order valence-electron chi connectivity index (χ1n) is 10.6. The molecule has 0 unspecified atom stereocenters. The van der Waals surface area contributed by atoms with Crippen molar-refractivity contribution in [2.75, 3.05) is 38.5 Å². The van der Waals surface area contributed by atoms with Crippen molar-refractivity contribution in [3.8, 4) is 11.5 Å². The molecular formula is C20H23F2N7O2. The molecule has 2 saturated heterocycles. The minimum Gasteiger partial charge on any atom is -0.395 e. The first-order valence-corrected chi connectivity index (χ1v) is 10.6. The Bertz CT molecular complexity index is 1180. The summed E-state index contributed by atoms with van der Waals surface area (Å²) in [5, 5.41) is 8.49. The van der Waals surface area contributed by atoms with E-state index in [9.17, 15) is 8.78 Å². The van der Waals surface area contributed by atoms with Gasteiger partial charge in [-0.25, -0.2) is 9.97 Å². The number of alkyl halides is 2. The van der Waals surface area contributed by atoms with Crippen LogP contribution in [0, 0.1) is 5.41 Å². The lowest BCUT2D eigenvalue weighted by Gasteiger charge is -2.33. The van der Waals surface area contributed by atoms with Gasteiger partial charge in [0.1, 0.15) is 5.52 Å². The van der Waals surface area contributed by atoms with Crippen LogP contribution in [0.25, 0.3) is 16.6 Å². The molecule has 31 heavy (non-hydrogen) atoms. The number of fused-ring (bicyclic) bond motifs is 5. The minimum atomic E-state index is -3.72.